The predicted molar refractivity (Wildman–Crippen MR) is 94.6 cm³/mol. The summed E-state index contributed by atoms with van der Waals surface area (Å²) >= 11 is 0. The Morgan fingerprint density at radius 3 is 2.59 bits per heavy atom. The number of aromatic nitrogens is 2. The second-order valence-electron chi connectivity index (χ2n) is 8.51. The molecule has 4 unspecified atom stereocenters. The van der Waals surface area contributed by atoms with Crippen molar-refractivity contribution in [1.29, 1.82) is 0 Å². The van der Waals surface area contributed by atoms with Crippen LogP contribution in [0.4, 0.5) is 13.2 Å². The van der Waals surface area contributed by atoms with Gasteiger partial charge < -0.3 is 9.84 Å². The molecular weight excluding hydrogens is 355 g/mol. The molecule has 0 amide bonds. The van der Waals surface area contributed by atoms with Crippen molar-refractivity contribution in [3.05, 3.63) is 35.7 Å². The average Bonchev–Trinajstić information content (AvgIpc) is 3.14. The Morgan fingerprint density at radius 2 is 1.89 bits per heavy atom. The van der Waals surface area contributed by atoms with Crippen LogP contribution in [0.15, 0.2) is 28.8 Å². The summed E-state index contributed by atoms with van der Waals surface area (Å²) in [6.45, 7) is 5.07. The molecule has 4 nitrogen and oxygen atoms in total. The Kier molecular flexibility index (Phi) is 4.53. The van der Waals surface area contributed by atoms with Crippen molar-refractivity contribution in [2.45, 2.75) is 57.8 Å². The number of fused-ring (bicyclic) bond motifs is 1. The maximum Gasteiger partial charge on any atom is 0.416 e. The van der Waals surface area contributed by atoms with Gasteiger partial charge in [0, 0.05) is 11.1 Å². The van der Waals surface area contributed by atoms with E-state index in [1.165, 1.54) is 31.4 Å². The van der Waals surface area contributed by atoms with E-state index in [4.69, 9.17) is 4.52 Å². The molecule has 4 atom stereocenters. The van der Waals surface area contributed by atoms with Crippen LogP contribution >= 0.6 is 0 Å². The molecule has 0 radical (unpaired) electrons. The lowest BCUT2D eigenvalue weighted by Crippen LogP contribution is -2.43. The molecule has 1 N–H and O–H groups in total. The molecule has 0 spiro atoms. The first-order valence-electron chi connectivity index (χ1n) is 9.47. The van der Waals surface area contributed by atoms with E-state index >= 15 is 0 Å². The minimum absolute atomic E-state index is 0.0600. The summed E-state index contributed by atoms with van der Waals surface area (Å²) in [5, 5.41) is 7.58. The highest BCUT2D eigenvalue weighted by Gasteiger charge is 2.46. The fraction of sp³-hybridized carbons (Fsp3) is 0.600. The van der Waals surface area contributed by atoms with E-state index in [2.05, 4.69) is 29.3 Å². The number of benzene rings is 1. The second kappa shape index (κ2) is 6.62. The fourth-order valence-corrected chi connectivity index (χ4v) is 4.56. The summed E-state index contributed by atoms with van der Waals surface area (Å²) in [7, 11) is 0. The third kappa shape index (κ3) is 4.18. The van der Waals surface area contributed by atoms with Crippen molar-refractivity contribution >= 4 is 0 Å². The van der Waals surface area contributed by atoms with E-state index in [1.54, 1.807) is 0 Å². The lowest BCUT2D eigenvalue weighted by molar-refractivity contribution is -0.137. The highest BCUT2D eigenvalue weighted by Crippen LogP contribution is 2.52. The van der Waals surface area contributed by atoms with Crippen LogP contribution in [0, 0.1) is 17.8 Å². The smallest absolute Gasteiger partial charge is 0.334 e. The van der Waals surface area contributed by atoms with Gasteiger partial charge in [-0.2, -0.15) is 18.2 Å². The molecule has 7 heteroatoms. The van der Waals surface area contributed by atoms with Gasteiger partial charge in [0.15, 0.2) is 5.82 Å². The van der Waals surface area contributed by atoms with Gasteiger partial charge in [0.05, 0.1) is 12.1 Å². The molecule has 27 heavy (non-hydrogen) atoms. The normalized spacial score (nSPS) is 30.6. The van der Waals surface area contributed by atoms with Gasteiger partial charge in [0.2, 0.25) is 0 Å². The van der Waals surface area contributed by atoms with Gasteiger partial charge in [0.25, 0.3) is 5.89 Å². The van der Waals surface area contributed by atoms with Gasteiger partial charge in [-0.25, -0.2) is 0 Å². The molecule has 2 aliphatic rings. The third-order valence-electron chi connectivity index (χ3n) is 5.89. The van der Waals surface area contributed by atoms with E-state index in [-0.39, 0.29) is 11.4 Å². The van der Waals surface area contributed by atoms with Crippen LogP contribution in [0.3, 0.4) is 0 Å². The topological polar surface area (TPSA) is 51.0 Å². The highest BCUT2D eigenvalue weighted by molar-refractivity contribution is 5.53. The number of hydrogen-bond donors (Lipinski definition) is 1. The Hall–Kier alpha value is -1.89. The Labute approximate surface area is 156 Å². The first-order chi connectivity index (χ1) is 12.7. The van der Waals surface area contributed by atoms with E-state index < -0.39 is 11.7 Å². The molecule has 1 heterocycles. The van der Waals surface area contributed by atoms with Crippen LogP contribution in [-0.2, 0) is 12.7 Å². The maximum atomic E-state index is 12.7. The number of nitrogens with zero attached hydrogens (tertiary/aromatic N) is 2. The summed E-state index contributed by atoms with van der Waals surface area (Å²) in [5.74, 6) is 3.20. The molecule has 4 rings (SSSR count). The lowest BCUT2D eigenvalue weighted by Gasteiger charge is -2.32. The quantitative estimate of drug-likeness (QED) is 0.807. The van der Waals surface area contributed by atoms with Crippen molar-refractivity contribution in [2.75, 3.05) is 0 Å². The molecule has 2 aliphatic carbocycles. The van der Waals surface area contributed by atoms with Gasteiger partial charge in [-0.05, 0) is 74.6 Å². The van der Waals surface area contributed by atoms with Crippen LogP contribution in [0.5, 0.6) is 0 Å². The van der Waals surface area contributed by atoms with Crippen LogP contribution in [-0.4, -0.2) is 15.7 Å². The predicted octanol–water partition coefficient (Wildman–Crippen LogP) is 5.06. The zero-order valence-electron chi connectivity index (χ0n) is 15.5. The molecule has 0 bridgehead atoms. The lowest BCUT2D eigenvalue weighted by atomic mass is 9.86. The van der Waals surface area contributed by atoms with Crippen molar-refractivity contribution in [3.63, 3.8) is 0 Å². The standard InChI is InChI=1S/C20H24F3N3O/c1-12-7-14-8-15(14)10-19(2,9-12)24-11-17-25-18(27-26-17)13-3-5-16(6-4-13)20(21,22)23/h3-6,12,14-15,24H,7-11H2,1-2H3. The van der Waals surface area contributed by atoms with Gasteiger partial charge >= 0.3 is 6.18 Å². The first-order valence-corrected chi connectivity index (χ1v) is 9.47. The second-order valence-corrected chi connectivity index (χ2v) is 8.51. The number of hydrogen-bond acceptors (Lipinski definition) is 4. The summed E-state index contributed by atoms with van der Waals surface area (Å²) in [6, 6.07) is 4.76. The number of alkyl halides is 3. The van der Waals surface area contributed by atoms with E-state index in [0.717, 1.165) is 30.4 Å². The first kappa shape index (κ1) is 18.5. The summed E-state index contributed by atoms with van der Waals surface area (Å²) in [5.41, 5.74) is -0.150. The van der Waals surface area contributed by atoms with Crippen LogP contribution in [0.2, 0.25) is 0 Å². The number of rotatable bonds is 4. The van der Waals surface area contributed by atoms with Gasteiger partial charge in [-0.1, -0.05) is 12.1 Å². The van der Waals surface area contributed by atoms with Gasteiger partial charge in [0.1, 0.15) is 0 Å². The van der Waals surface area contributed by atoms with E-state index in [1.807, 2.05) is 0 Å². The number of halogens is 3. The molecule has 0 aliphatic heterocycles. The summed E-state index contributed by atoms with van der Waals surface area (Å²) in [4.78, 5) is 4.34. The van der Waals surface area contributed by atoms with Gasteiger partial charge in [-0.15, -0.1) is 0 Å². The fourth-order valence-electron chi connectivity index (χ4n) is 4.56. The average molecular weight is 379 g/mol. The van der Waals surface area contributed by atoms with Crippen LogP contribution < -0.4 is 5.32 Å². The van der Waals surface area contributed by atoms with Crippen LogP contribution in [0.1, 0.15) is 50.9 Å². The summed E-state index contributed by atoms with van der Waals surface area (Å²) < 4.78 is 43.2. The zero-order valence-corrected chi connectivity index (χ0v) is 15.5. The molecule has 2 fully saturated rings. The van der Waals surface area contributed by atoms with Crippen molar-refractivity contribution in [2.24, 2.45) is 17.8 Å². The maximum absolute atomic E-state index is 12.7. The molecule has 2 aromatic rings. The molecule has 146 valence electrons. The van der Waals surface area contributed by atoms with Crippen molar-refractivity contribution < 1.29 is 17.7 Å². The molecule has 1 aromatic heterocycles. The minimum Gasteiger partial charge on any atom is -0.334 e. The van der Waals surface area contributed by atoms with Crippen molar-refractivity contribution in [1.82, 2.24) is 15.5 Å². The zero-order chi connectivity index (χ0) is 19.2. The van der Waals surface area contributed by atoms with Gasteiger partial charge in [-0.3, -0.25) is 0 Å². The Balaban J connectivity index is 1.41. The largest absolute Gasteiger partial charge is 0.416 e. The molecule has 0 saturated heterocycles. The van der Waals surface area contributed by atoms with E-state index in [0.29, 0.717) is 23.9 Å². The molecular formula is C20H24F3N3O. The SMILES string of the molecule is CC1CC2CC2CC(C)(NCc2noc(-c3ccc(C(F)(F)F)cc3)n2)C1. The van der Waals surface area contributed by atoms with Crippen molar-refractivity contribution in [3.8, 4) is 11.5 Å². The monoisotopic (exact) mass is 379 g/mol. The Bertz CT molecular complexity index is 798. The highest BCUT2D eigenvalue weighted by atomic mass is 19.4. The van der Waals surface area contributed by atoms with E-state index in [9.17, 15) is 13.2 Å². The Morgan fingerprint density at radius 1 is 1.15 bits per heavy atom. The third-order valence-corrected chi connectivity index (χ3v) is 5.89. The minimum atomic E-state index is -4.35. The molecule has 2 saturated carbocycles. The summed E-state index contributed by atoms with van der Waals surface area (Å²) in [6.07, 6.45) is 0.619. The van der Waals surface area contributed by atoms with Crippen LogP contribution in [0.25, 0.3) is 11.5 Å². The molecule has 1 aromatic carbocycles. The number of nitrogens with one attached hydrogen (secondary N) is 1.